The van der Waals surface area contributed by atoms with Crippen molar-refractivity contribution in [2.45, 2.75) is 38.8 Å². The van der Waals surface area contributed by atoms with E-state index in [1.165, 1.54) is 0 Å². The van der Waals surface area contributed by atoms with Crippen LogP contribution in [0.3, 0.4) is 0 Å². The topological polar surface area (TPSA) is 54.3 Å². The second-order valence-electron chi connectivity index (χ2n) is 5.30. The minimum atomic E-state index is 0.0382. The summed E-state index contributed by atoms with van der Waals surface area (Å²) in [5.74, 6) is 0.0382. The quantitative estimate of drug-likeness (QED) is 0.826. The fourth-order valence-electron chi connectivity index (χ4n) is 2.40. The van der Waals surface area contributed by atoms with Crippen LogP contribution in [0.15, 0.2) is 30.5 Å². The van der Waals surface area contributed by atoms with E-state index in [4.69, 9.17) is 16.7 Å². The third-order valence-corrected chi connectivity index (χ3v) is 3.75. The van der Waals surface area contributed by atoms with Crippen LogP contribution in [0.25, 0.3) is 10.9 Å². The standard InChI is InChI=1S/C16H21ClN2O2/c1-12(3-2-10-20)18-16(21)7-9-19-8-6-13-11-14(17)4-5-15(13)19/h4-6,8,11-12,20H,2-3,7,9-10H2,1H3,(H,18,21). The molecule has 5 heteroatoms. The molecule has 1 unspecified atom stereocenters. The molecule has 21 heavy (non-hydrogen) atoms. The van der Waals surface area contributed by atoms with Crippen LogP contribution >= 0.6 is 11.6 Å². The van der Waals surface area contributed by atoms with E-state index in [9.17, 15) is 4.79 Å². The van der Waals surface area contributed by atoms with Crippen LogP contribution in [-0.2, 0) is 11.3 Å². The summed E-state index contributed by atoms with van der Waals surface area (Å²) >= 11 is 5.96. The zero-order chi connectivity index (χ0) is 15.2. The number of aromatic nitrogens is 1. The summed E-state index contributed by atoms with van der Waals surface area (Å²) in [6.45, 7) is 2.77. The average molecular weight is 309 g/mol. The molecule has 0 aliphatic rings. The molecule has 2 N–H and O–H groups in total. The van der Waals surface area contributed by atoms with Gasteiger partial charge >= 0.3 is 0 Å². The lowest BCUT2D eigenvalue weighted by Crippen LogP contribution is -2.33. The van der Waals surface area contributed by atoms with Gasteiger partial charge in [-0.25, -0.2) is 0 Å². The van der Waals surface area contributed by atoms with Gasteiger partial charge in [-0.1, -0.05) is 11.6 Å². The van der Waals surface area contributed by atoms with Crippen molar-refractivity contribution in [2.75, 3.05) is 6.61 Å². The first-order valence-corrected chi connectivity index (χ1v) is 7.62. The summed E-state index contributed by atoms with van der Waals surface area (Å²) in [4.78, 5) is 11.9. The van der Waals surface area contributed by atoms with Crippen LogP contribution in [-0.4, -0.2) is 28.2 Å². The van der Waals surface area contributed by atoms with Crippen molar-refractivity contribution in [3.63, 3.8) is 0 Å². The van der Waals surface area contributed by atoms with Gasteiger partial charge in [0.1, 0.15) is 0 Å². The van der Waals surface area contributed by atoms with Crippen molar-refractivity contribution in [1.29, 1.82) is 0 Å². The molecule has 0 saturated carbocycles. The largest absolute Gasteiger partial charge is 0.396 e. The number of nitrogens with zero attached hydrogens (tertiary/aromatic N) is 1. The van der Waals surface area contributed by atoms with Gasteiger partial charge in [-0.2, -0.15) is 0 Å². The van der Waals surface area contributed by atoms with Crippen molar-refractivity contribution >= 4 is 28.4 Å². The molecule has 2 rings (SSSR count). The molecule has 0 aliphatic carbocycles. The first kappa shape index (κ1) is 15.9. The summed E-state index contributed by atoms with van der Waals surface area (Å²) in [7, 11) is 0. The van der Waals surface area contributed by atoms with E-state index in [-0.39, 0.29) is 18.6 Å². The fourth-order valence-corrected chi connectivity index (χ4v) is 2.59. The number of benzene rings is 1. The van der Waals surface area contributed by atoms with Gasteiger partial charge in [0.15, 0.2) is 0 Å². The molecule has 0 radical (unpaired) electrons. The predicted octanol–water partition coefficient (Wildman–Crippen LogP) is 2.96. The highest BCUT2D eigenvalue weighted by atomic mass is 35.5. The molecule has 0 spiro atoms. The third-order valence-electron chi connectivity index (χ3n) is 3.52. The van der Waals surface area contributed by atoms with E-state index < -0.39 is 0 Å². The number of nitrogens with one attached hydrogen (secondary N) is 1. The molecule has 0 aliphatic heterocycles. The molecule has 1 aromatic heterocycles. The normalized spacial score (nSPS) is 12.5. The zero-order valence-corrected chi connectivity index (χ0v) is 12.9. The number of carbonyl (C=O) groups is 1. The highest BCUT2D eigenvalue weighted by Gasteiger charge is 2.08. The molecule has 2 aromatic rings. The maximum absolute atomic E-state index is 11.9. The van der Waals surface area contributed by atoms with Gasteiger partial charge in [-0.3, -0.25) is 4.79 Å². The van der Waals surface area contributed by atoms with Crippen LogP contribution in [0.5, 0.6) is 0 Å². The van der Waals surface area contributed by atoms with Gasteiger partial charge in [0.25, 0.3) is 0 Å². The maximum Gasteiger partial charge on any atom is 0.221 e. The zero-order valence-electron chi connectivity index (χ0n) is 12.2. The van der Waals surface area contributed by atoms with Gasteiger partial charge in [0, 0.05) is 47.7 Å². The Morgan fingerprint density at radius 1 is 1.43 bits per heavy atom. The van der Waals surface area contributed by atoms with Crippen molar-refractivity contribution in [3.05, 3.63) is 35.5 Å². The van der Waals surface area contributed by atoms with Crippen LogP contribution in [0, 0.1) is 0 Å². The monoisotopic (exact) mass is 308 g/mol. The maximum atomic E-state index is 11.9. The summed E-state index contributed by atoms with van der Waals surface area (Å²) in [6, 6.07) is 7.86. The highest BCUT2D eigenvalue weighted by molar-refractivity contribution is 6.31. The Labute approximate surface area is 129 Å². The second-order valence-corrected chi connectivity index (χ2v) is 5.73. The Balaban J connectivity index is 1.88. The number of carbonyl (C=O) groups excluding carboxylic acids is 1. The van der Waals surface area contributed by atoms with E-state index in [1.54, 1.807) is 0 Å². The molecule has 1 amide bonds. The molecule has 0 bridgehead atoms. The van der Waals surface area contributed by atoms with Crippen molar-refractivity contribution in [1.82, 2.24) is 9.88 Å². The minimum absolute atomic E-state index is 0.0382. The number of amides is 1. The number of hydrogen-bond donors (Lipinski definition) is 2. The van der Waals surface area contributed by atoms with Crippen LogP contribution in [0.4, 0.5) is 0 Å². The van der Waals surface area contributed by atoms with E-state index in [1.807, 2.05) is 37.4 Å². The average Bonchev–Trinajstić information content (AvgIpc) is 2.85. The van der Waals surface area contributed by atoms with Crippen molar-refractivity contribution in [3.8, 4) is 0 Å². The Morgan fingerprint density at radius 3 is 3.00 bits per heavy atom. The van der Waals surface area contributed by atoms with Crippen LogP contribution in [0.2, 0.25) is 5.02 Å². The minimum Gasteiger partial charge on any atom is -0.396 e. The molecule has 1 aromatic carbocycles. The molecular formula is C16H21ClN2O2. The van der Waals surface area contributed by atoms with E-state index in [0.717, 1.165) is 22.3 Å². The molecule has 1 heterocycles. The van der Waals surface area contributed by atoms with Crippen LogP contribution in [0.1, 0.15) is 26.2 Å². The van der Waals surface area contributed by atoms with Gasteiger partial charge in [0.05, 0.1) is 0 Å². The Kier molecular flexibility index (Phi) is 5.65. The number of rotatable bonds is 7. The molecule has 114 valence electrons. The Bertz CT molecular complexity index is 609. The number of hydrogen-bond acceptors (Lipinski definition) is 2. The fraction of sp³-hybridized carbons (Fsp3) is 0.438. The van der Waals surface area contributed by atoms with E-state index in [0.29, 0.717) is 19.4 Å². The molecular weight excluding hydrogens is 288 g/mol. The SMILES string of the molecule is CC(CCCO)NC(=O)CCn1ccc2cc(Cl)ccc21. The first-order chi connectivity index (χ1) is 10.1. The number of aryl methyl sites for hydroxylation is 1. The molecule has 0 fully saturated rings. The number of aliphatic hydroxyl groups excluding tert-OH is 1. The predicted molar refractivity (Wildman–Crippen MR) is 85.5 cm³/mol. The summed E-state index contributed by atoms with van der Waals surface area (Å²) in [5, 5.41) is 13.5. The van der Waals surface area contributed by atoms with Gasteiger partial charge < -0.3 is 15.0 Å². The molecule has 1 atom stereocenters. The van der Waals surface area contributed by atoms with Crippen LogP contribution < -0.4 is 5.32 Å². The smallest absolute Gasteiger partial charge is 0.221 e. The summed E-state index contributed by atoms with van der Waals surface area (Å²) < 4.78 is 2.06. The lowest BCUT2D eigenvalue weighted by Gasteiger charge is -2.13. The molecule has 0 saturated heterocycles. The number of fused-ring (bicyclic) bond motifs is 1. The van der Waals surface area contributed by atoms with E-state index in [2.05, 4.69) is 9.88 Å². The van der Waals surface area contributed by atoms with Gasteiger partial charge in [0.2, 0.25) is 5.91 Å². The van der Waals surface area contributed by atoms with Gasteiger partial charge in [-0.15, -0.1) is 0 Å². The summed E-state index contributed by atoms with van der Waals surface area (Å²) in [5.41, 5.74) is 1.08. The second kappa shape index (κ2) is 7.48. The summed E-state index contributed by atoms with van der Waals surface area (Å²) in [6.07, 6.45) is 3.93. The first-order valence-electron chi connectivity index (χ1n) is 7.25. The lowest BCUT2D eigenvalue weighted by atomic mass is 10.2. The lowest BCUT2D eigenvalue weighted by molar-refractivity contribution is -0.121. The van der Waals surface area contributed by atoms with Crippen molar-refractivity contribution < 1.29 is 9.90 Å². The van der Waals surface area contributed by atoms with Crippen molar-refractivity contribution in [2.24, 2.45) is 0 Å². The van der Waals surface area contributed by atoms with E-state index >= 15 is 0 Å². The molecule has 4 nitrogen and oxygen atoms in total. The number of aliphatic hydroxyl groups is 1. The van der Waals surface area contributed by atoms with Gasteiger partial charge in [-0.05, 0) is 44.0 Å². The Morgan fingerprint density at radius 2 is 2.24 bits per heavy atom. The Hall–Kier alpha value is -1.52. The number of halogens is 1. The highest BCUT2D eigenvalue weighted by Crippen LogP contribution is 2.20. The third kappa shape index (κ3) is 4.48.